The highest BCUT2D eigenvalue weighted by Gasteiger charge is 2.24. The van der Waals surface area contributed by atoms with Gasteiger partial charge in [0.2, 0.25) is 0 Å². The van der Waals surface area contributed by atoms with E-state index >= 15 is 0 Å². The van der Waals surface area contributed by atoms with Crippen LogP contribution in [-0.4, -0.2) is 58.4 Å². The fourth-order valence-corrected chi connectivity index (χ4v) is 2.31. The molecule has 0 radical (unpaired) electrons. The van der Waals surface area contributed by atoms with Gasteiger partial charge in [0.25, 0.3) is 0 Å². The van der Waals surface area contributed by atoms with Gasteiger partial charge in [-0.05, 0) is 13.8 Å². The molecule has 2 heterocycles. The molecule has 1 aromatic heterocycles. The average Bonchev–Trinajstić information content (AvgIpc) is 2.40. The number of hydrogen-bond acceptors (Lipinski definition) is 6. The van der Waals surface area contributed by atoms with E-state index in [1.54, 1.807) is 12.4 Å². The Labute approximate surface area is 113 Å². The van der Waals surface area contributed by atoms with Crippen molar-refractivity contribution in [3.63, 3.8) is 0 Å². The van der Waals surface area contributed by atoms with Gasteiger partial charge < -0.3 is 15.2 Å². The summed E-state index contributed by atoms with van der Waals surface area (Å²) in [5.74, 6) is 0.801. The maximum absolute atomic E-state index is 9.20. The van der Waals surface area contributed by atoms with Crippen molar-refractivity contribution >= 4 is 5.82 Å². The second kappa shape index (κ2) is 6.79. The maximum atomic E-state index is 9.20. The van der Waals surface area contributed by atoms with Crippen LogP contribution in [-0.2, 0) is 11.3 Å². The second-order valence-corrected chi connectivity index (χ2v) is 4.87. The zero-order valence-corrected chi connectivity index (χ0v) is 11.5. The van der Waals surface area contributed by atoms with Gasteiger partial charge in [-0.25, -0.2) is 4.98 Å². The van der Waals surface area contributed by atoms with Crippen LogP contribution in [0, 0.1) is 0 Å². The number of aliphatic hydroxyl groups excluding tert-OH is 1. The lowest BCUT2D eigenvalue weighted by molar-refractivity contribution is -0.0975. The van der Waals surface area contributed by atoms with Crippen molar-refractivity contribution in [2.45, 2.75) is 32.6 Å². The van der Waals surface area contributed by atoms with Gasteiger partial charge in [-0.15, -0.1) is 0 Å². The Morgan fingerprint density at radius 1 is 1.42 bits per heavy atom. The Balaban J connectivity index is 1.92. The first kappa shape index (κ1) is 14.2. The number of aliphatic hydroxyl groups is 1. The first-order valence-electron chi connectivity index (χ1n) is 6.74. The lowest BCUT2D eigenvalue weighted by Gasteiger charge is -2.35. The fraction of sp³-hybridized carbons (Fsp3) is 0.692. The minimum Gasteiger partial charge on any atom is -0.394 e. The molecule has 1 saturated heterocycles. The van der Waals surface area contributed by atoms with Gasteiger partial charge in [0, 0.05) is 26.2 Å². The topological polar surface area (TPSA) is 70.5 Å². The number of rotatable bonds is 5. The zero-order chi connectivity index (χ0) is 13.7. The number of nitrogens with one attached hydrogen (secondary N) is 1. The largest absolute Gasteiger partial charge is 0.394 e. The average molecular weight is 266 g/mol. The fourth-order valence-electron chi connectivity index (χ4n) is 2.31. The van der Waals surface area contributed by atoms with Gasteiger partial charge in [-0.3, -0.25) is 9.88 Å². The van der Waals surface area contributed by atoms with Crippen molar-refractivity contribution in [3.05, 3.63) is 18.1 Å². The van der Waals surface area contributed by atoms with Crippen LogP contribution in [0.3, 0.4) is 0 Å². The minimum absolute atomic E-state index is 0.0614. The molecule has 19 heavy (non-hydrogen) atoms. The highest BCUT2D eigenvalue weighted by atomic mass is 16.5. The third-order valence-electron chi connectivity index (χ3n) is 3.05. The van der Waals surface area contributed by atoms with Crippen LogP contribution in [0.2, 0.25) is 0 Å². The number of anilines is 1. The number of hydrogen-bond donors (Lipinski definition) is 2. The molecule has 0 aliphatic carbocycles. The first-order valence-corrected chi connectivity index (χ1v) is 6.74. The Hall–Kier alpha value is -1.24. The number of morpholine rings is 1. The molecule has 1 fully saturated rings. The maximum Gasteiger partial charge on any atom is 0.144 e. The molecule has 6 heteroatoms. The monoisotopic (exact) mass is 266 g/mol. The van der Waals surface area contributed by atoms with E-state index < -0.39 is 0 Å². The predicted octanol–water partition coefficient (Wildman–Crippen LogP) is 0.490. The predicted molar refractivity (Wildman–Crippen MR) is 72.9 cm³/mol. The van der Waals surface area contributed by atoms with E-state index in [0.29, 0.717) is 0 Å². The van der Waals surface area contributed by atoms with E-state index in [0.717, 1.165) is 37.7 Å². The summed E-state index contributed by atoms with van der Waals surface area (Å²) in [5.41, 5.74) is 0.937. The Morgan fingerprint density at radius 2 is 2.26 bits per heavy atom. The van der Waals surface area contributed by atoms with E-state index in [2.05, 4.69) is 20.2 Å². The molecule has 0 bridgehead atoms. The molecule has 1 aliphatic rings. The molecule has 106 valence electrons. The van der Waals surface area contributed by atoms with Gasteiger partial charge in [0.05, 0.1) is 36.9 Å². The Kier molecular flexibility index (Phi) is 5.07. The van der Waals surface area contributed by atoms with Crippen LogP contribution in [0.5, 0.6) is 0 Å². The van der Waals surface area contributed by atoms with Crippen molar-refractivity contribution in [3.8, 4) is 0 Å². The second-order valence-electron chi connectivity index (χ2n) is 4.87. The first-order chi connectivity index (χ1) is 9.21. The summed E-state index contributed by atoms with van der Waals surface area (Å²) >= 11 is 0. The molecule has 6 nitrogen and oxygen atoms in total. The van der Waals surface area contributed by atoms with E-state index in [1.165, 1.54) is 0 Å². The van der Waals surface area contributed by atoms with Crippen molar-refractivity contribution in [1.29, 1.82) is 0 Å². The summed E-state index contributed by atoms with van der Waals surface area (Å²) in [6, 6.07) is 0. The highest BCUT2D eigenvalue weighted by molar-refractivity contribution is 5.30. The minimum atomic E-state index is -0.0993. The van der Waals surface area contributed by atoms with E-state index in [9.17, 15) is 5.11 Å². The summed E-state index contributed by atoms with van der Waals surface area (Å²) in [7, 11) is 0. The Morgan fingerprint density at radius 3 is 2.89 bits per heavy atom. The molecule has 0 spiro atoms. The van der Waals surface area contributed by atoms with Crippen LogP contribution in [0.25, 0.3) is 0 Å². The SMILES string of the molecule is CCNc1cnc(CN2CC(C)OC(CO)C2)cn1. The van der Waals surface area contributed by atoms with Crippen LogP contribution in [0.4, 0.5) is 5.82 Å². The van der Waals surface area contributed by atoms with Gasteiger partial charge in [0.15, 0.2) is 0 Å². The van der Waals surface area contributed by atoms with E-state index in [4.69, 9.17) is 4.74 Å². The standard InChI is InChI=1S/C13H22N4O2/c1-3-14-13-5-15-11(4-16-13)7-17-6-10(2)19-12(8-17)9-18/h4-5,10,12,18H,3,6-9H2,1-2H3,(H,14,16). The van der Waals surface area contributed by atoms with Gasteiger partial charge in [-0.1, -0.05) is 0 Å². The molecule has 2 unspecified atom stereocenters. The van der Waals surface area contributed by atoms with Crippen LogP contribution >= 0.6 is 0 Å². The molecule has 1 aromatic rings. The number of ether oxygens (including phenoxy) is 1. The van der Waals surface area contributed by atoms with Crippen LogP contribution in [0.1, 0.15) is 19.5 Å². The molecule has 2 atom stereocenters. The van der Waals surface area contributed by atoms with E-state index in [-0.39, 0.29) is 18.8 Å². The van der Waals surface area contributed by atoms with Crippen LogP contribution in [0.15, 0.2) is 12.4 Å². The number of aromatic nitrogens is 2. The summed E-state index contributed by atoms with van der Waals surface area (Å²) in [6.07, 6.45) is 3.59. The van der Waals surface area contributed by atoms with Crippen molar-refractivity contribution in [2.75, 3.05) is 31.6 Å². The third kappa shape index (κ3) is 4.12. The van der Waals surface area contributed by atoms with Crippen molar-refractivity contribution in [1.82, 2.24) is 14.9 Å². The molecule has 0 saturated carbocycles. The highest BCUT2D eigenvalue weighted by Crippen LogP contribution is 2.13. The molecular weight excluding hydrogens is 244 g/mol. The summed E-state index contributed by atoms with van der Waals surface area (Å²) < 4.78 is 5.62. The smallest absolute Gasteiger partial charge is 0.144 e. The third-order valence-corrected chi connectivity index (χ3v) is 3.05. The van der Waals surface area contributed by atoms with Gasteiger partial charge >= 0.3 is 0 Å². The molecule has 2 rings (SSSR count). The molecule has 2 N–H and O–H groups in total. The van der Waals surface area contributed by atoms with Crippen LogP contribution < -0.4 is 5.32 Å². The molecular formula is C13H22N4O2. The summed E-state index contributed by atoms with van der Waals surface area (Å²) in [6.45, 7) is 7.28. The quantitative estimate of drug-likeness (QED) is 0.808. The molecule has 0 aromatic carbocycles. The van der Waals surface area contributed by atoms with E-state index in [1.807, 2.05) is 13.8 Å². The van der Waals surface area contributed by atoms with Gasteiger partial charge in [-0.2, -0.15) is 0 Å². The van der Waals surface area contributed by atoms with Gasteiger partial charge in [0.1, 0.15) is 5.82 Å². The Bertz CT molecular complexity index is 385. The number of nitrogens with zero attached hydrogens (tertiary/aromatic N) is 3. The summed E-state index contributed by atoms with van der Waals surface area (Å²) in [5, 5.41) is 12.3. The lowest BCUT2D eigenvalue weighted by Crippen LogP contribution is -2.47. The normalized spacial score (nSPS) is 24.4. The molecule has 1 aliphatic heterocycles. The van der Waals surface area contributed by atoms with Crippen molar-refractivity contribution in [2.24, 2.45) is 0 Å². The summed E-state index contributed by atoms with van der Waals surface area (Å²) in [4.78, 5) is 11.0. The molecule has 0 amide bonds. The zero-order valence-electron chi connectivity index (χ0n) is 11.5. The van der Waals surface area contributed by atoms with Crippen molar-refractivity contribution < 1.29 is 9.84 Å². The lowest BCUT2D eigenvalue weighted by atomic mass is 10.2.